The number of carbonyl (C=O) groups excluding carboxylic acids is 1. The summed E-state index contributed by atoms with van der Waals surface area (Å²) in [5, 5.41) is 3.00. The third kappa shape index (κ3) is 5.77. The molecule has 3 aromatic rings. The normalized spacial score (nSPS) is 17.7. The monoisotopic (exact) mass is 483 g/mol. The van der Waals surface area contributed by atoms with Crippen LogP contribution in [0.1, 0.15) is 37.2 Å². The Bertz CT molecular complexity index is 1220. The molecule has 0 bridgehead atoms. The first kappa shape index (κ1) is 24.1. The molecule has 2 heterocycles. The molecule has 1 fully saturated rings. The summed E-state index contributed by atoms with van der Waals surface area (Å²) >= 11 is 0. The minimum absolute atomic E-state index is 0.0646. The summed E-state index contributed by atoms with van der Waals surface area (Å²) in [4.78, 5) is 19.8. The van der Waals surface area contributed by atoms with E-state index < -0.39 is 5.92 Å². The first-order chi connectivity index (χ1) is 17.7. The zero-order valence-electron chi connectivity index (χ0n) is 20.8. The van der Waals surface area contributed by atoms with Gasteiger partial charge in [0.15, 0.2) is 0 Å². The highest BCUT2D eigenvalue weighted by Gasteiger charge is 2.29. The first-order valence-electron chi connectivity index (χ1n) is 12.8. The summed E-state index contributed by atoms with van der Waals surface area (Å²) in [6.07, 6.45) is 6.77. The van der Waals surface area contributed by atoms with Gasteiger partial charge in [-0.2, -0.15) is 0 Å². The molecule has 1 amide bonds. The molecule has 1 atom stereocenters. The van der Waals surface area contributed by atoms with Gasteiger partial charge < -0.3 is 19.7 Å². The number of likely N-dealkylation sites (tertiary alicyclic amines) is 1. The highest BCUT2D eigenvalue weighted by Crippen LogP contribution is 2.36. The standard InChI is InChI=1S/C30H33N3O3/c1-35-26-8-5-7-22(19-26)23-9-14-27-28(30(34)32-29(27)20-23)21-31-24-10-12-25(13-11-24)36-18-6-17-33-15-3-2-4-16-33/h5,7-14,19-21,28H,2-4,6,15-18H2,1H3,(H,32,34). The number of aliphatic imine (C=N–C) groups is 1. The molecule has 0 aromatic heterocycles. The Morgan fingerprint density at radius 3 is 2.58 bits per heavy atom. The molecule has 1 saturated heterocycles. The van der Waals surface area contributed by atoms with Crippen molar-refractivity contribution in [2.45, 2.75) is 31.6 Å². The summed E-state index contributed by atoms with van der Waals surface area (Å²) < 4.78 is 11.2. The molecule has 2 aliphatic rings. The number of fused-ring (bicyclic) bond motifs is 1. The van der Waals surface area contributed by atoms with Crippen LogP contribution in [0.15, 0.2) is 71.7 Å². The number of carbonyl (C=O) groups is 1. The second-order valence-corrected chi connectivity index (χ2v) is 9.38. The maximum atomic E-state index is 12.7. The fourth-order valence-electron chi connectivity index (χ4n) is 4.87. The lowest BCUT2D eigenvalue weighted by Gasteiger charge is -2.26. The molecule has 3 aromatic carbocycles. The smallest absolute Gasteiger partial charge is 0.237 e. The third-order valence-electron chi connectivity index (χ3n) is 6.88. The predicted molar refractivity (Wildman–Crippen MR) is 145 cm³/mol. The molecule has 6 nitrogen and oxygen atoms in total. The molecule has 0 spiro atoms. The fraction of sp³-hybridized carbons (Fsp3) is 0.333. The first-order valence-corrected chi connectivity index (χ1v) is 12.8. The van der Waals surface area contributed by atoms with Crippen molar-refractivity contribution >= 4 is 23.5 Å². The molecule has 0 aliphatic carbocycles. The van der Waals surface area contributed by atoms with Gasteiger partial charge in [0.25, 0.3) is 0 Å². The molecular formula is C30H33N3O3. The maximum Gasteiger partial charge on any atom is 0.237 e. The molecule has 186 valence electrons. The maximum absolute atomic E-state index is 12.7. The molecule has 6 heteroatoms. The summed E-state index contributed by atoms with van der Waals surface area (Å²) in [6.45, 7) is 4.27. The summed E-state index contributed by atoms with van der Waals surface area (Å²) in [5.74, 6) is 1.17. The van der Waals surface area contributed by atoms with Crippen LogP contribution in [0.3, 0.4) is 0 Å². The van der Waals surface area contributed by atoms with E-state index in [1.165, 1.54) is 32.4 Å². The molecule has 0 saturated carbocycles. The number of nitrogens with zero attached hydrogens (tertiary/aromatic N) is 2. The van der Waals surface area contributed by atoms with Crippen molar-refractivity contribution < 1.29 is 14.3 Å². The van der Waals surface area contributed by atoms with Crippen LogP contribution in [0.4, 0.5) is 11.4 Å². The highest BCUT2D eigenvalue weighted by atomic mass is 16.5. The van der Waals surface area contributed by atoms with Crippen molar-refractivity contribution in [2.75, 3.05) is 38.7 Å². The van der Waals surface area contributed by atoms with E-state index in [0.717, 1.165) is 59.1 Å². The van der Waals surface area contributed by atoms with Gasteiger partial charge in [-0.15, -0.1) is 0 Å². The number of hydrogen-bond acceptors (Lipinski definition) is 5. The van der Waals surface area contributed by atoms with Crippen molar-refractivity contribution in [3.05, 3.63) is 72.3 Å². The van der Waals surface area contributed by atoms with E-state index in [2.05, 4.69) is 15.2 Å². The zero-order chi connectivity index (χ0) is 24.7. The Morgan fingerprint density at radius 2 is 1.78 bits per heavy atom. The zero-order valence-corrected chi connectivity index (χ0v) is 20.8. The second-order valence-electron chi connectivity index (χ2n) is 9.38. The lowest BCUT2D eigenvalue weighted by molar-refractivity contribution is -0.115. The van der Waals surface area contributed by atoms with Crippen molar-refractivity contribution in [3.63, 3.8) is 0 Å². The molecule has 36 heavy (non-hydrogen) atoms. The largest absolute Gasteiger partial charge is 0.497 e. The van der Waals surface area contributed by atoms with E-state index in [1.807, 2.05) is 66.7 Å². The van der Waals surface area contributed by atoms with Gasteiger partial charge in [-0.25, -0.2) is 0 Å². The number of anilines is 1. The molecule has 0 radical (unpaired) electrons. The predicted octanol–water partition coefficient (Wildman–Crippen LogP) is 6.06. The number of amides is 1. The molecule has 2 aliphatic heterocycles. The molecular weight excluding hydrogens is 450 g/mol. The van der Waals surface area contributed by atoms with Crippen molar-refractivity contribution in [1.29, 1.82) is 0 Å². The van der Waals surface area contributed by atoms with Gasteiger partial charge >= 0.3 is 0 Å². The summed E-state index contributed by atoms with van der Waals surface area (Å²) in [6, 6.07) is 21.7. The number of nitrogens with one attached hydrogen (secondary N) is 1. The minimum atomic E-state index is -0.412. The van der Waals surface area contributed by atoms with Gasteiger partial charge in [-0.05, 0) is 91.5 Å². The quantitative estimate of drug-likeness (QED) is 0.297. The van der Waals surface area contributed by atoms with Crippen LogP contribution in [0.5, 0.6) is 11.5 Å². The Morgan fingerprint density at radius 1 is 0.972 bits per heavy atom. The van der Waals surface area contributed by atoms with E-state index in [-0.39, 0.29) is 5.91 Å². The van der Waals surface area contributed by atoms with Crippen molar-refractivity contribution in [2.24, 2.45) is 4.99 Å². The van der Waals surface area contributed by atoms with Gasteiger partial charge in [0.1, 0.15) is 17.4 Å². The van der Waals surface area contributed by atoms with Gasteiger partial charge in [0.05, 0.1) is 19.4 Å². The summed E-state index contributed by atoms with van der Waals surface area (Å²) in [7, 11) is 1.66. The van der Waals surface area contributed by atoms with Crippen LogP contribution in [-0.2, 0) is 4.79 Å². The molecule has 1 N–H and O–H groups in total. The van der Waals surface area contributed by atoms with E-state index in [1.54, 1.807) is 13.3 Å². The average molecular weight is 484 g/mol. The van der Waals surface area contributed by atoms with Gasteiger partial charge in [-0.3, -0.25) is 9.79 Å². The van der Waals surface area contributed by atoms with Crippen molar-refractivity contribution in [1.82, 2.24) is 4.90 Å². The van der Waals surface area contributed by atoms with Gasteiger partial charge in [0.2, 0.25) is 5.91 Å². The van der Waals surface area contributed by atoms with Crippen LogP contribution in [0, 0.1) is 0 Å². The number of piperidine rings is 1. The fourth-order valence-corrected chi connectivity index (χ4v) is 4.87. The Hall–Kier alpha value is -3.64. The van der Waals surface area contributed by atoms with Gasteiger partial charge in [-0.1, -0.05) is 30.7 Å². The summed E-state index contributed by atoms with van der Waals surface area (Å²) in [5.41, 5.74) is 4.62. The van der Waals surface area contributed by atoms with Crippen molar-refractivity contribution in [3.8, 4) is 22.6 Å². The average Bonchev–Trinajstić information content (AvgIpc) is 3.25. The van der Waals surface area contributed by atoms with E-state index >= 15 is 0 Å². The lowest BCUT2D eigenvalue weighted by Crippen LogP contribution is -2.31. The number of hydrogen-bond donors (Lipinski definition) is 1. The van der Waals surface area contributed by atoms with Crippen LogP contribution in [-0.4, -0.2) is 50.4 Å². The lowest BCUT2D eigenvalue weighted by atomic mass is 9.97. The number of benzene rings is 3. The van der Waals surface area contributed by atoms with Crippen LogP contribution < -0.4 is 14.8 Å². The number of methoxy groups -OCH3 is 1. The molecule has 5 rings (SSSR count). The topological polar surface area (TPSA) is 63.2 Å². The SMILES string of the molecule is COc1cccc(-c2ccc3c(c2)NC(=O)C3C=Nc2ccc(OCCCN3CCCCC3)cc2)c1. The highest BCUT2D eigenvalue weighted by molar-refractivity contribution is 6.13. The van der Waals surface area contributed by atoms with Crippen LogP contribution in [0.25, 0.3) is 11.1 Å². The Kier molecular flexibility index (Phi) is 7.62. The van der Waals surface area contributed by atoms with Gasteiger partial charge in [0, 0.05) is 18.4 Å². The van der Waals surface area contributed by atoms with E-state index in [0.29, 0.717) is 0 Å². The molecule has 1 unspecified atom stereocenters. The Balaban J connectivity index is 1.18. The number of ether oxygens (including phenoxy) is 2. The van der Waals surface area contributed by atoms with E-state index in [9.17, 15) is 4.79 Å². The number of rotatable bonds is 9. The van der Waals surface area contributed by atoms with Crippen LogP contribution in [0.2, 0.25) is 0 Å². The van der Waals surface area contributed by atoms with E-state index in [4.69, 9.17) is 9.47 Å². The second kappa shape index (κ2) is 11.4. The third-order valence-corrected chi connectivity index (χ3v) is 6.88. The Labute approximate surface area is 213 Å². The minimum Gasteiger partial charge on any atom is -0.497 e. The van der Waals surface area contributed by atoms with Crippen LogP contribution >= 0.6 is 0 Å².